The fourth-order valence-corrected chi connectivity index (χ4v) is 5.08. The summed E-state index contributed by atoms with van der Waals surface area (Å²) in [5.74, 6) is 1.52. The molecule has 0 radical (unpaired) electrons. The van der Waals surface area contributed by atoms with Crippen LogP contribution in [0.2, 0.25) is 0 Å². The van der Waals surface area contributed by atoms with Crippen molar-refractivity contribution in [1.82, 2.24) is 14.9 Å². The molecule has 0 spiro atoms. The van der Waals surface area contributed by atoms with E-state index in [0.29, 0.717) is 19.0 Å². The molecular weight excluding hydrogens is 462 g/mol. The predicted octanol–water partition coefficient (Wildman–Crippen LogP) is 4.65. The van der Waals surface area contributed by atoms with Crippen LogP contribution >= 0.6 is 0 Å². The standard InChI is InChI=1S/C25H37N3O4S.C2H6/c1-6-32-20-12-10-19(11-13-20)28-23(18(3)26-15-16-33(30,31)7-2)27-22-17-25(4,5)14-8-9-21(22)24(28)29;1-2/h10-13,18,26H,6-9,14-17H2,1-5H3;1-2H3. The number of ether oxygens (including phenoxy) is 1. The van der Waals surface area contributed by atoms with Gasteiger partial charge in [0, 0.05) is 17.9 Å². The lowest BCUT2D eigenvalue weighted by Gasteiger charge is -2.24. The molecule has 0 amide bonds. The van der Waals surface area contributed by atoms with Crippen LogP contribution in [0.1, 0.15) is 84.4 Å². The Morgan fingerprint density at radius 3 is 2.43 bits per heavy atom. The van der Waals surface area contributed by atoms with Crippen molar-refractivity contribution in [3.63, 3.8) is 0 Å². The molecule has 196 valence electrons. The Hall–Kier alpha value is -2.19. The summed E-state index contributed by atoms with van der Waals surface area (Å²) in [6.07, 6.45) is 3.48. The summed E-state index contributed by atoms with van der Waals surface area (Å²) in [7, 11) is -3.08. The topological polar surface area (TPSA) is 90.3 Å². The highest BCUT2D eigenvalue weighted by molar-refractivity contribution is 7.91. The van der Waals surface area contributed by atoms with Gasteiger partial charge in [-0.1, -0.05) is 34.6 Å². The zero-order valence-corrected chi connectivity index (χ0v) is 23.3. The van der Waals surface area contributed by atoms with Gasteiger partial charge in [-0.25, -0.2) is 13.4 Å². The van der Waals surface area contributed by atoms with E-state index < -0.39 is 9.84 Å². The van der Waals surface area contributed by atoms with Gasteiger partial charge in [0.1, 0.15) is 11.6 Å². The summed E-state index contributed by atoms with van der Waals surface area (Å²) < 4.78 is 31.1. The molecule has 3 rings (SSSR count). The number of nitrogens with zero attached hydrogens (tertiary/aromatic N) is 2. The number of hydrogen-bond donors (Lipinski definition) is 1. The maximum atomic E-state index is 13.8. The van der Waals surface area contributed by atoms with Crippen LogP contribution in [-0.4, -0.2) is 42.6 Å². The molecule has 8 heteroatoms. The molecule has 1 aliphatic carbocycles. The van der Waals surface area contributed by atoms with Crippen molar-refractivity contribution in [2.75, 3.05) is 24.7 Å². The van der Waals surface area contributed by atoms with Crippen molar-refractivity contribution in [2.24, 2.45) is 5.41 Å². The molecule has 1 N–H and O–H groups in total. The zero-order chi connectivity index (χ0) is 26.2. The second-order valence-corrected chi connectivity index (χ2v) is 12.0. The number of sulfone groups is 1. The maximum absolute atomic E-state index is 13.8. The molecule has 0 aliphatic heterocycles. The number of nitrogens with one attached hydrogen (secondary N) is 1. The second-order valence-electron chi connectivity index (χ2n) is 9.57. The van der Waals surface area contributed by atoms with Crippen molar-refractivity contribution in [3.05, 3.63) is 51.7 Å². The quantitative estimate of drug-likeness (QED) is 0.499. The molecule has 1 heterocycles. The van der Waals surface area contributed by atoms with Crippen molar-refractivity contribution in [3.8, 4) is 11.4 Å². The molecular formula is C27H43N3O4S. The summed E-state index contributed by atoms with van der Waals surface area (Å²) in [6, 6.07) is 7.16. The van der Waals surface area contributed by atoms with Gasteiger partial charge in [0.2, 0.25) is 0 Å². The molecule has 1 atom stereocenters. The van der Waals surface area contributed by atoms with E-state index in [1.165, 1.54) is 0 Å². The highest BCUT2D eigenvalue weighted by Crippen LogP contribution is 2.32. The van der Waals surface area contributed by atoms with E-state index in [1.54, 1.807) is 11.5 Å². The van der Waals surface area contributed by atoms with Crippen molar-refractivity contribution >= 4 is 9.84 Å². The monoisotopic (exact) mass is 505 g/mol. The summed E-state index contributed by atoms with van der Waals surface area (Å²) in [4.78, 5) is 18.8. The van der Waals surface area contributed by atoms with E-state index in [1.807, 2.05) is 52.0 Å². The van der Waals surface area contributed by atoms with Crippen LogP contribution in [0.3, 0.4) is 0 Å². The first-order valence-electron chi connectivity index (χ1n) is 12.9. The molecule has 1 aromatic carbocycles. The van der Waals surface area contributed by atoms with E-state index in [0.717, 1.165) is 48.4 Å². The third-order valence-electron chi connectivity index (χ3n) is 6.31. The number of benzene rings is 1. The van der Waals surface area contributed by atoms with Crippen LogP contribution in [-0.2, 0) is 22.7 Å². The molecule has 0 saturated carbocycles. The van der Waals surface area contributed by atoms with Crippen LogP contribution in [0.25, 0.3) is 5.69 Å². The van der Waals surface area contributed by atoms with Gasteiger partial charge in [0.25, 0.3) is 5.56 Å². The van der Waals surface area contributed by atoms with Gasteiger partial charge in [0.15, 0.2) is 9.84 Å². The van der Waals surface area contributed by atoms with Gasteiger partial charge in [0.05, 0.1) is 29.8 Å². The van der Waals surface area contributed by atoms with E-state index in [4.69, 9.17) is 9.72 Å². The fraction of sp³-hybridized carbons (Fsp3) is 0.630. The highest BCUT2D eigenvalue weighted by Gasteiger charge is 2.29. The third-order valence-corrected chi connectivity index (χ3v) is 8.02. The molecule has 35 heavy (non-hydrogen) atoms. The summed E-state index contributed by atoms with van der Waals surface area (Å²) in [5, 5.41) is 3.28. The number of hydrogen-bond acceptors (Lipinski definition) is 6. The normalized spacial score (nSPS) is 15.9. The smallest absolute Gasteiger partial charge is 0.261 e. The Balaban J connectivity index is 0.00000210. The van der Waals surface area contributed by atoms with Crippen LogP contribution in [0.4, 0.5) is 0 Å². The Labute approximate surface area is 211 Å². The van der Waals surface area contributed by atoms with Crippen LogP contribution in [0.15, 0.2) is 29.1 Å². The van der Waals surface area contributed by atoms with E-state index in [-0.39, 0.29) is 28.5 Å². The predicted molar refractivity (Wildman–Crippen MR) is 144 cm³/mol. The summed E-state index contributed by atoms with van der Waals surface area (Å²) in [6.45, 7) is 14.8. The SMILES string of the molecule is CC.CCOc1ccc(-n2c(C(C)NCCS(=O)(=O)CC)nc3c(c2=O)CCCC(C)(C)C3)cc1. The second kappa shape index (κ2) is 12.7. The maximum Gasteiger partial charge on any atom is 0.261 e. The van der Waals surface area contributed by atoms with Crippen LogP contribution < -0.4 is 15.6 Å². The van der Waals surface area contributed by atoms with Gasteiger partial charge < -0.3 is 10.1 Å². The van der Waals surface area contributed by atoms with Crippen molar-refractivity contribution in [2.45, 2.75) is 80.2 Å². The van der Waals surface area contributed by atoms with Crippen molar-refractivity contribution in [1.29, 1.82) is 0 Å². The van der Waals surface area contributed by atoms with Crippen molar-refractivity contribution < 1.29 is 13.2 Å². The lowest BCUT2D eigenvalue weighted by Crippen LogP contribution is -2.35. The first-order chi connectivity index (χ1) is 16.6. The van der Waals surface area contributed by atoms with Crippen LogP contribution in [0.5, 0.6) is 5.75 Å². The van der Waals surface area contributed by atoms with E-state index in [9.17, 15) is 13.2 Å². The van der Waals surface area contributed by atoms with Gasteiger partial charge in [-0.2, -0.15) is 0 Å². The lowest BCUT2D eigenvalue weighted by atomic mass is 9.85. The minimum atomic E-state index is -3.08. The van der Waals surface area contributed by atoms with Gasteiger partial charge in [-0.3, -0.25) is 9.36 Å². The Morgan fingerprint density at radius 2 is 1.83 bits per heavy atom. The van der Waals surface area contributed by atoms with E-state index in [2.05, 4.69) is 19.2 Å². The molecule has 1 aliphatic rings. The average Bonchev–Trinajstić information content (AvgIpc) is 2.98. The lowest BCUT2D eigenvalue weighted by molar-refractivity contribution is 0.329. The Bertz CT molecular complexity index is 1120. The largest absolute Gasteiger partial charge is 0.494 e. The molecule has 0 bridgehead atoms. The molecule has 1 aromatic heterocycles. The fourth-order valence-electron chi connectivity index (χ4n) is 4.37. The minimum Gasteiger partial charge on any atom is -0.494 e. The number of rotatable bonds is 9. The number of fused-ring (bicyclic) bond motifs is 1. The minimum absolute atomic E-state index is 0.0355. The molecule has 2 aromatic rings. The molecule has 7 nitrogen and oxygen atoms in total. The summed E-state index contributed by atoms with van der Waals surface area (Å²) in [5.41, 5.74) is 2.44. The Morgan fingerprint density at radius 1 is 1.17 bits per heavy atom. The number of aromatic nitrogens is 2. The molecule has 0 saturated heterocycles. The highest BCUT2D eigenvalue weighted by atomic mass is 32.2. The first-order valence-corrected chi connectivity index (χ1v) is 14.7. The summed E-state index contributed by atoms with van der Waals surface area (Å²) >= 11 is 0. The van der Waals surface area contributed by atoms with Gasteiger partial charge in [-0.05, 0) is 69.2 Å². The van der Waals surface area contributed by atoms with Crippen LogP contribution in [0, 0.1) is 5.41 Å². The van der Waals surface area contributed by atoms with Gasteiger partial charge in [-0.15, -0.1) is 0 Å². The van der Waals surface area contributed by atoms with Gasteiger partial charge >= 0.3 is 0 Å². The zero-order valence-electron chi connectivity index (χ0n) is 22.5. The molecule has 0 fully saturated rings. The molecule has 1 unspecified atom stereocenters. The average molecular weight is 506 g/mol. The first kappa shape index (κ1) is 29.0. The van der Waals surface area contributed by atoms with E-state index >= 15 is 0 Å². The third kappa shape index (κ3) is 7.64. The Kier molecular flexibility index (Phi) is 10.5.